The van der Waals surface area contributed by atoms with Crippen molar-refractivity contribution in [3.8, 4) is 0 Å². The summed E-state index contributed by atoms with van der Waals surface area (Å²) in [6, 6.07) is 19.4. The number of anilines is 2. The summed E-state index contributed by atoms with van der Waals surface area (Å²) in [5, 5.41) is 16.6. The molecule has 2 amide bonds. The van der Waals surface area contributed by atoms with Crippen LogP contribution >= 0.6 is 23.4 Å². The van der Waals surface area contributed by atoms with Crippen molar-refractivity contribution in [1.29, 1.82) is 0 Å². The van der Waals surface area contributed by atoms with Gasteiger partial charge in [0.15, 0.2) is 0 Å². The molecule has 0 heterocycles. The molecule has 9 heteroatoms. The molecule has 1 unspecified atom stereocenters. The van der Waals surface area contributed by atoms with Crippen LogP contribution in [0.1, 0.15) is 17.3 Å². The SMILES string of the molecule is CC(Sc1cccc(NC(=O)c2cccc([N+](=O)[O-])c2)c1)C(=O)Nc1cccc(Cl)c1. The van der Waals surface area contributed by atoms with Crippen LogP contribution in [0.15, 0.2) is 77.7 Å². The molecule has 3 aromatic carbocycles. The lowest BCUT2D eigenvalue weighted by Gasteiger charge is -2.13. The average molecular weight is 456 g/mol. The van der Waals surface area contributed by atoms with Crippen molar-refractivity contribution in [2.24, 2.45) is 0 Å². The van der Waals surface area contributed by atoms with Crippen LogP contribution in [0.25, 0.3) is 0 Å². The van der Waals surface area contributed by atoms with Crippen LogP contribution in [0.3, 0.4) is 0 Å². The number of halogens is 1. The summed E-state index contributed by atoms with van der Waals surface area (Å²) in [5.41, 5.74) is 1.16. The fraction of sp³-hybridized carbons (Fsp3) is 0.0909. The molecule has 0 bridgehead atoms. The second-order valence-electron chi connectivity index (χ2n) is 6.55. The van der Waals surface area contributed by atoms with E-state index in [9.17, 15) is 19.7 Å². The second kappa shape index (κ2) is 10.1. The topological polar surface area (TPSA) is 101 Å². The van der Waals surface area contributed by atoms with Crippen molar-refractivity contribution in [1.82, 2.24) is 0 Å². The van der Waals surface area contributed by atoms with Crippen molar-refractivity contribution in [2.75, 3.05) is 10.6 Å². The lowest BCUT2D eigenvalue weighted by atomic mass is 10.2. The number of carbonyl (C=O) groups is 2. The fourth-order valence-corrected chi connectivity index (χ4v) is 3.80. The van der Waals surface area contributed by atoms with Crippen LogP contribution in [0.4, 0.5) is 17.1 Å². The number of amides is 2. The number of nitro groups is 1. The zero-order valence-electron chi connectivity index (χ0n) is 16.4. The lowest BCUT2D eigenvalue weighted by molar-refractivity contribution is -0.384. The summed E-state index contributed by atoms with van der Waals surface area (Å²) in [5.74, 6) is -0.643. The van der Waals surface area contributed by atoms with E-state index >= 15 is 0 Å². The summed E-state index contributed by atoms with van der Waals surface area (Å²) in [4.78, 5) is 36.0. The molecular formula is C22H18ClN3O4S. The Bertz CT molecular complexity index is 1140. The van der Waals surface area contributed by atoms with Gasteiger partial charge >= 0.3 is 0 Å². The van der Waals surface area contributed by atoms with Gasteiger partial charge in [-0.15, -0.1) is 11.8 Å². The van der Waals surface area contributed by atoms with Gasteiger partial charge in [-0.1, -0.05) is 29.8 Å². The molecule has 158 valence electrons. The number of carbonyl (C=O) groups excluding carboxylic acids is 2. The first-order valence-electron chi connectivity index (χ1n) is 9.21. The summed E-state index contributed by atoms with van der Waals surface area (Å²) in [6.45, 7) is 1.78. The van der Waals surface area contributed by atoms with Crippen molar-refractivity contribution in [3.05, 3.63) is 93.5 Å². The van der Waals surface area contributed by atoms with Gasteiger partial charge in [0.25, 0.3) is 11.6 Å². The van der Waals surface area contributed by atoms with Crippen LogP contribution in [0.5, 0.6) is 0 Å². The van der Waals surface area contributed by atoms with Gasteiger partial charge in [0.05, 0.1) is 10.2 Å². The molecule has 3 rings (SSSR count). The molecule has 0 spiro atoms. The predicted octanol–water partition coefficient (Wildman–Crippen LogP) is 5.62. The highest BCUT2D eigenvalue weighted by atomic mass is 35.5. The Hall–Kier alpha value is -3.36. The average Bonchev–Trinajstić information content (AvgIpc) is 2.74. The fourth-order valence-electron chi connectivity index (χ4n) is 2.68. The van der Waals surface area contributed by atoms with Crippen molar-refractivity contribution >= 4 is 52.2 Å². The minimum Gasteiger partial charge on any atom is -0.325 e. The predicted molar refractivity (Wildman–Crippen MR) is 123 cm³/mol. The molecule has 7 nitrogen and oxygen atoms in total. The Balaban J connectivity index is 1.64. The molecule has 0 aliphatic carbocycles. The minimum absolute atomic E-state index is 0.156. The highest BCUT2D eigenvalue weighted by Gasteiger charge is 2.16. The molecule has 0 radical (unpaired) electrons. The van der Waals surface area contributed by atoms with Gasteiger partial charge in [0.2, 0.25) is 5.91 Å². The van der Waals surface area contributed by atoms with E-state index in [1.807, 2.05) is 6.07 Å². The van der Waals surface area contributed by atoms with E-state index < -0.39 is 16.1 Å². The van der Waals surface area contributed by atoms with Crippen LogP contribution in [0, 0.1) is 10.1 Å². The van der Waals surface area contributed by atoms with Crippen LogP contribution < -0.4 is 10.6 Å². The molecule has 0 saturated carbocycles. The van der Waals surface area contributed by atoms with E-state index in [4.69, 9.17) is 11.6 Å². The molecule has 3 aromatic rings. The van der Waals surface area contributed by atoms with E-state index in [1.54, 1.807) is 49.4 Å². The summed E-state index contributed by atoms with van der Waals surface area (Å²) < 4.78 is 0. The number of thioether (sulfide) groups is 1. The summed E-state index contributed by atoms with van der Waals surface area (Å²) in [6.07, 6.45) is 0. The molecule has 0 aliphatic rings. The van der Waals surface area contributed by atoms with Gasteiger partial charge in [-0.2, -0.15) is 0 Å². The standard InChI is InChI=1S/C22H18ClN3O4S/c1-14(21(27)24-17-7-3-6-16(23)12-17)31-20-10-4-8-18(13-20)25-22(28)15-5-2-9-19(11-15)26(29)30/h2-14H,1H3,(H,24,27)(H,25,28). The van der Waals surface area contributed by atoms with E-state index in [0.717, 1.165) is 4.90 Å². The van der Waals surface area contributed by atoms with Crippen LogP contribution in [-0.4, -0.2) is 22.0 Å². The molecule has 31 heavy (non-hydrogen) atoms. The largest absolute Gasteiger partial charge is 0.325 e. The first-order chi connectivity index (χ1) is 14.8. The second-order valence-corrected chi connectivity index (χ2v) is 8.40. The molecule has 0 saturated heterocycles. The summed E-state index contributed by atoms with van der Waals surface area (Å²) in [7, 11) is 0. The third-order valence-corrected chi connectivity index (χ3v) is 5.51. The van der Waals surface area contributed by atoms with E-state index in [2.05, 4.69) is 10.6 Å². The molecule has 2 N–H and O–H groups in total. The molecule has 1 atom stereocenters. The third kappa shape index (κ3) is 6.31. The Kier molecular flexibility index (Phi) is 7.28. The normalized spacial score (nSPS) is 11.4. The van der Waals surface area contributed by atoms with Crippen molar-refractivity contribution in [2.45, 2.75) is 17.1 Å². The zero-order valence-corrected chi connectivity index (χ0v) is 17.9. The van der Waals surface area contributed by atoms with E-state index in [-0.39, 0.29) is 17.2 Å². The molecule has 0 aliphatic heterocycles. The van der Waals surface area contributed by atoms with Gasteiger partial charge in [-0.3, -0.25) is 19.7 Å². The Labute approximate surface area is 188 Å². The summed E-state index contributed by atoms with van der Waals surface area (Å²) >= 11 is 7.27. The van der Waals surface area contributed by atoms with Gasteiger partial charge in [0.1, 0.15) is 0 Å². The maximum absolute atomic E-state index is 12.5. The Morgan fingerprint density at radius 1 is 0.968 bits per heavy atom. The van der Waals surface area contributed by atoms with Crippen LogP contribution in [-0.2, 0) is 4.79 Å². The first kappa shape index (κ1) is 22.3. The lowest BCUT2D eigenvalue weighted by Crippen LogP contribution is -2.22. The first-order valence-corrected chi connectivity index (χ1v) is 10.5. The molecular weight excluding hydrogens is 438 g/mol. The Morgan fingerprint density at radius 3 is 2.35 bits per heavy atom. The van der Waals surface area contributed by atoms with E-state index in [0.29, 0.717) is 16.4 Å². The molecule has 0 fully saturated rings. The molecule has 0 aromatic heterocycles. The smallest absolute Gasteiger partial charge is 0.270 e. The number of nitro benzene ring substituents is 1. The number of non-ortho nitro benzene ring substituents is 1. The van der Waals surface area contributed by atoms with Crippen LogP contribution in [0.2, 0.25) is 5.02 Å². The highest BCUT2D eigenvalue weighted by Crippen LogP contribution is 2.27. The van der Waals surface area contributed by atoms with Crippen molar-refractivity contribution in [3.63, 3.8) is 0 Å². The quantitative estimate of drug-likeness (QED) is 0.273. The minimum atomic E-state index is -0.552. The Morgan fingerprint density at radius 2 is 1.65 bits per heavy atom. The van der Waals surface area contributed by atoms with Crippen molar-refractivity contribution < 1.29 is 14.5 Å². The van der Waals surface area contributed by atoms with E-state index in [1.165, 1.54) is 36.0 Å². The number of nitrogens with one attached hydrogen (secondary N) is 2. The number of hydrogen-bond acceptors (Lipinski definition) is 5. The monoisotopic (exact) mass is 455 g/mol. The number of benzene rings is 3. The van der Waals surface area contributed by atoms with Gasteiger partial charge in [-0.25, -0.2) is 0 Å². The van der Waals surface area contributed by atoms with Gasteiger partial charge < -0.3 is 10.6 Å². The maximum Gasteiger partial charge on any atom is 0.270 e. The van der Waals surface area contributed by atoms with Gasteiger partial charge in [0, 0.05) is 39.0 Å². The van der Waals surface area contributed by atoms with Gasteiger partial charge in [-0.05, 0) is 49.4 Å². The third-order valence-electron chi connectivity index (χ3n) is 4.19. The number of hydrogen-bond donors (Lipinski definition) is 2. The maximum atomic E-state index is 12.5. The zero-order chi connectivity index (χ0) is 22.4. The number of rotatable bonds is 7. The highest BCUT2D eigenvalue weighted by molar-refractivity contribution is 8.00. The number of nitrogens with zero attached hydrogens (tertiary/aromatic N) is 1.